The first-order valence-electron chi connectivity index (χ1n) is 8.86. The minimum Gasteiger partial charge on any atom is -0.452 e. The van der Waals surface area contributed by atoms with E-state index < -0.39 is 23.4 Å². The van der Waals surface area contributed by atoms with Crippen LogP contribution >= 0.6 is 34.9 Å². The maximum Gasteiger partial charge on any atom is 0.340 e. The van der Waals surface area contributed by atoms with Crippen molar-refractivity contribution in [2.24, 2.45) is 0 Å². The second-order valence-electron chi connectivity index (χ2n) is 6.12. The second-order valence-corrected chi connectivity index (χ2v) is 9.11. The summed E-state index contributed by atoms with van der Waals surface area (Å²) >= 11 is 4.08. The van der Waals surface area contributed by atoms with Gasteiger partial charge in [0.05, 0.1) is 16.2 Å². The van der Waals surface area contributed by atoms with Gasteiger partial charge in [-0.05, 0) is 31.4 Å². The van der Waals surface area contributed by atoms with Gasteiger partial charge in [-0.25, -0.2) is 9.78 Å². The maximum absolute atomic E-state index is 12.7. The number of para-hydroxylation sites is 1. The van der Waals surface area contributed by atoms with Crippen LogP contribution in [-0.4, -0.2) is 34.6 Å². The van der Waals surface area contributed by atoms with Crippen LogP contribution < -0.4 is 5.32 Å². The van der Waals surface area contributed by atoms with Gasteiger partial charge in [0.1, 0.15) is 0 Å². The number of aromatic nitrogens is 1. The number of thioether (sulfide) groups is 1. The lowest BCUT2D eigenvalue weighted by Gasteiger charge is -2.11. The molecule has 0 saturated carbocycles. The highest BCUT2D eigenvalue weighted by Crippen LogP contribution is 2.34. The highest BCUT2D eigenvalue weighted by molar-refractivity contribution is 8.01. The molecule has 0 saturated heterocycles. The number of amides is 1. The molecule has 31 heavy (non-hydrogen) atoms. The summed E-state index contributed by atoms with van der Waals surface area (Å²) in [5.41, 5.74) is 1.21. The molecule has 0 atom stereocenters. The fourth-order valence-electron chi connectivity index (χ4n) is 2.50. The van der Waals surface area contributed by atoms with Crippen molar-refractivity contribution in [3.63, 3.8) is 0 Å². The molecule has 0 aliphatic carbocycles. The van der Waals surface area contributed by atoms with Gasteiger partial charge in [-0.3, -0.25) is 14.9 Å². The number of hydrogen-bond donors (Lipinski definition) is 1. The standard InChI is InChI=1S/C20H17N3O5S3/c1-12-11-30-20(21-12)31-16-8-7-13(23(26)27)9-14(16)19(25)28-10-18(24)22-15-5-3-4-6-17(15)29-2/h3-9,11H,10H2,1-2H3,(H,22,24). The molecule has 0 aliphatic heterocycles. The van der Waals surface area contributed by atoms with E-state index in [1.807, 2.05) is 30.7 Å². The van der Waals surface area contributed by atoms with Crippen molar-refractivity contribution >= 4 is 58.1 Å². The van der Waals surface area contributed by atoms with Crippen LogP contribution in [0.5, 0.6) is 0 Å². The molecule has 1 heterocycles. The molecular formula is C20H17N3O5S3. The van der Waals surface area contributed by atoms with E-state index in [0.717, 1.165) is 16.7 Å². The highest BCUT2D eigenvalue weighted by atomic mass is 32.2. The van der Waals surface area contributed by atoms with Crippen LogP contribution in [0.4, 0.5) is 11.4 Å². The van der Waals surface area contributed by atoms with Crippen molar-refractivity contribution in [2.45, 2.75) is 21.1 Å². The lowest BCUT2D eigenvalue weighted by Crippen LogP contribution is -2.21. The number of carbonyl (C=O) groups excluding carboxylic acids is 2. The molecule has 0 radical (unpaired) electrons. The number of rotatable bonds is 8. The molecule has 2 aromatic carbocycles. The molecule has 1 aromatic heterocycles. The summed E-state index contributed by atoms with van der Waals surface area (Å²) < 4.78 is 5.83. The fourth-order valence-corrected chi connectivity index (χ4v) is 4.94. The molecular weight excluding hydrogens is 458 g/mol. The van der Waals surface area contributed by atoms with E-state index in [9.17, 15) is 19.7 Å². The monoisotopic (exact) mass is 475 g/mol. The summed E-state index contributed by atoms with van der Waals surface area (Å²) in [5, 5.41) is 15.7. The van der Waals surface area contributed by atoms with E-state index in [1.165, 1.54) is 47.0 Å². The number of aryl methyl sites for hydroxylation is 1. The summed E-state index contributed by atoms with van der Waals surface area (Å²) in [5.74, 6) is -1.34. The Hall–Kier alpha value is -2.89. The van der Waals surface area contributed by atoms with E-state index in [1.54, 1.807) is 12.1 Å². The van der Waals surface area contributed by atoms with Gasteiger partial charge < -0.3 is 10.1 Å². The summed E-state index contributed by atoms with van der Waals surface area (Å²) in [7, 11) is 0. The Labute approximate surface area is 190 Å². The summed E-state index contributed by atoms with van der Waals surface area (Å²) in [6, 6.07) is 11.2. The van der Waals surface area contributed by atoms with Crippen LogP contribution in [0.25, 0.3) is 0 Å². The molecule has 1 amide bonds. The van der Waals surface area contributed by atoms with Crippen LogP contribution in [0.3, 0.4) is 0 Å². The number of nitrogens with zero attached hydrogens (tertiary/aromatic N) is 2. The lowest BCUT2D eigenvalue weighted by molar-refractivity contribution is -0.384. The Morgan fingerprint density at radius 2 is 2.00 bits per heavy atom. The number of non-ortho nitro benzene ring substituents is 1. The first kappa shape index (κ1) is 22.8. The van der Waals surface area contributed by atoms with Crippen LogP contribution in [0, 0.1) is 17.0 Å². The van der Waals surface area contributed by atoms with Crippen LogP contribution in [0.15, 0.2) is 62.0 Å². The summed E-state index contributed by atoms with van der Waals surface area (Å²) in [6.45, 7) is 1.32. The molecule has 0 fully saturated rings. The lowest BCUT2D eigenvalue weighted by atomic mass is 10.2. The smallest absolute Gasteiger partial charge is 0.340 e. The Balaban J connectivity index is 1.73. The van der Waals surface area contributed by atoms with Crippen molar-refractivity contribution in [1.29, 1.82) is 0 Å². The average Bonchev–Trinajstić information content (AvgIpc) is 3.17. The zero-order valence-electron chi connectivity index (χ0n) is 16.5. The summed E-state index contributed by atoms with van der Waals surface area (Å²) in [4.78, 5) is 41.1. The van der Waals surface area contributed by atoms with Crippen molar-refractivity contribution < 1.29 is 19.2 Å². The number of nitrogens with one attached hydrogen (secondary N) is 1. The third-order valence-corrected chi connectivity index (χ3v) is 6.83. The van der Waals surface area contributed by atoms with E-state index >= 15 is 0 Å². The van der Waals surface area contributed by atoms with Gasteiger partial charge in [-0.15, -0.1) is 23.1 Å². The normalized spacial score (nSPS) is 10.5. The number of benzene rings is 2. The molecule has 0 unspecified atom stereocenters. The number of hydrogen-bond acceptors (Lipinski definition) is 9. The molecule has 0 aliphatic rings. The average molecular weight is 476 g/mol. The SMILES string of the molecule is CSc1ccccc1NC(=O)COC(=O)c1cc([N+](=O)[O-])ccc1Sc1nc(C)cs1. The maximum atomic E-state index is 12.7. The van der Waals surface area contributed by atoms with Gasteiger partial charge in [0, 0.05) is 33.0 Å². The van der Waals surface area contributed by atoms with Crippen LogP contribution in [-0.2, 0) is 9.53 Å². The Kier molecular flexibility index (Phi) is 7.66. The fraction of sp³-hybridized carbons (Fsp3) is 0.150. The van der Waals surface area contributed by atoms with Gasteiger partial charge in [0.25, 0.3) is 11.6 Å². The van der Waals surface area contributed by atoms with Gasteiger partial charge in [-0.2, -0.15) is 0 Å². The van der Waals surface area contributed by atoms with Gasteiger partial charge in [0.2, 0.25) is 0 Å². The Bertz CT molecular complexity index is 1130. The number of nitro groups is 1. The Morgan fingerprint density at radius 3 is 2.68 bits per heavy atom. The first-order chi connectivity index (χ1) is 14.9. The van der Waals surface area contributed by atoms with Gasteiger partial charge in [-0.1, -0.05) is 23.9 Å². The number of nitro benzene ring substituents is 1. The van der Waals surface area contributed by atoms with E-state index in [2.05, 4.69) is 10.3 Å². The number of ether oxygens (including phenoxy) is 1. The molecule has 160 valence electrons. The zero-order valence-corrected chi connectivity index (χ0v) is 18.9. The van der Waals surface area contributed by atoms with Crippen molar-refractivity contribution in [3.05, 3.63) is 69.2 Å². The Morgan fingerprint density at radius 1 is 1.23 bits per heavy atom. The zero-order chi connectivity index (χ0) is 22.4. The minimum atomic E-state index is -0.826. The minimum absolute atomic E-state index is 0.00404. The van der Waals surface area contributed by atoms with Gasteiger partial charge in [0.15, 0.2) is 10.9 Å². The molecule has 3 rings (SSSR count). The van der Waals surface area contributed by atoms with Crippen molar-refractivity contribution in [1.82, 2.24) is 4.98 Å². The molecule has 0 bridgehead atoms. The first-order valence-corrected chi connectivity index (χ1v) is 11.8. The van der Waals surface area contributed by atoms with E-state index in [4.69, 9.17) is 4.74 Å². The van der Waals surface area contributed by atoms with E-state index in [0.29, 0.717) is 14.9 Å². The predicted molar refractivity (Wildman–Crippen MR) is 121 cm³/mol. The third-order valence-electron chi connectivity index (χ3n) is 3.90. The molecule has 1 N–H and O–H groups in total. The van der Waals surface area contributed by atoms with Crippen LogP contribution in [0.2, 0.25) is 0 Å². The number of carbonyl (C=O) groups is 2. The van der Waals surface area contributed by atoms with Crippen molar-refractivity contribution in [3.8, 4) is 0 Å². The second kappa shape index (κ2) is 10.4. The molecule has 8 nitrogen and oxygen atoms in total. The number of anilines is 1. The van der Waals surface area contributed by atoms with Gasteiger partial charge >= 0.3 is 5.97 Å². The molecule has 0 spiro atoms. The predicted octanol–water partition coefficient (Wildman–Crippen LogP) is 5.03. The molecule has 3 aromatic rings. The van der Waals surface area contributed by atoms with Crippen LogP contribution in [0.1, 0.15) is 16.1 Å². The quantitative estimate of drug-likeness (QED) is 0.209. The molecule has 11 heteroatoms. The van der Waals surface area contributed by atoms with Crippen molar-refractivity contribution in [2.75, 3.05) is 18.2 Å². The largest absolute Gasteiger partial charge is 0.452 e. The highest BCUT2D eigenvalue weighted by Gasteiger charge is 2.21. The number of esters is 1. The third kappa shape index (κ3) is 6.06. The topological polar surface area (TPSA) is 111 Å². The summed E-state index contributed by atoms with van der Waals surface area (Å²) in [6.07, 6.45) is 1.89. The number of thiazole rings is 1. The van der Waals surface area contributed by atoms with E-state index in [-0.39, 0.29) is 11.3 Å².